The first-order chi connectivity index (χ1) is 27.4. The molecule has 3 aliphatic rings. The molecule has 2 aliphatic heterocycles. The molecule has 2 fully saturated rings. The number of benzene rings is 3. The van der Waals surface area contributed by atoms with Gasteiger partial charge in [0.15, 0.2) is 0 Å². The number of H-pyrrole nitrogens is 2. The smallest absolute Gasteiger partial charge is 0.407 e. The van der Waals surface area contributed by atoms with E-state index in [9.17, 15) is 14.4 Å². The average Bonchev–Trinajstić information content (AvgIpc) is 4.04. The summed E-state index contributed by atoms with van der Waals surface area (Å²) in [5.41, 5.74) is 9.28. The van der Waals surface area contributed by atoms with Crippen LogP contribution in [-0.4, -0.2) is 73.4 Å². The summed E-state index contributed by atoms with van der Waals surface area (Å²) in [6.07, 6.45) is 8.73. The van der Waals surface area contributed by atoms with Gasteiger partial charge in [0.2, 0.25) is 11.8 Å². The molecule has 11 heteroatoms. The topological polar surface area (TPSA) is 136 Å². The van der Waals surface area contributed by atoms with Crippen LogP contribution in [0.4, 0.5) is 4.79 Å². The molecule has 0 bridgehead atoms. The first kappa shape index (κ1) is 38.7. The minimum atomic E-state index is -0.695. The Hall–Kier alpha value is -5.19. The number of nitrogens with one attached hydrogen (secondary N) is 3. The van der Waals surface area contributed by atoms with Crippen molar-refractivity contribution < 1.29 is 19.1 Å². The van der Waals surface area contributed by atoms with E-state index in [1.165, 1.54) is 34.9 Å². The Morgan fingerprint density at radius 1 is 0.947 bits per heavy atom. The monoisotopic (exact) mass is 771 g/mol. The largest absolute Gasteiger partial charge is 0.453 e. The number of methoxy groups -OCH3 is 1. The van der Waals surface area contributed by atoms with E-state index in [1.807, 2.05) is 24.9 Å². The predicted molar refractivity (Wildman–Crippen MR) is 223 cm³/mol. The standard InChI is InChI=1S/C46H57N7O4/c1-8-28-21-39(52(24-28)40(54)20-25(2)3)43-47-23-37(49-43)35-17-16-31(33-10-9-11-34(33)35)29-13-15-32-30(22-29)14-18-36-42(32)50-44(48-36)38-19-12-27(6)53(38)45(55)41(26(4)5)51-46(56)57-7/h13-18,22-23,25-28,38-39,41H,8-12,19-21,24H2,1-7H3,(H,47,49)(H,48,50)(H,51,56)/t27-,28-,38-,39-,41-/m0/s1. The second kappa shape index (κ2) is 15.6. The van der Waals surface area contributed by atoms with E-state index in [-0.39, 0.29) is 35.9 Å². The fourth-order valence-corrected chi connectivity index (χ4v) is 9.72. The molecule has 11 nitrogen and oxygen atoms in total. The van der Waals surface area contributed by atoms with Gasteiger partial charge in [-0.2, -0.15) is 0 Å². The van der Waals surface area contributed by atoms with E-state index < -0.39 is 12.1 Å². The molecular weight excluding hydrogens is 715 g/mol. The normalized spacial score (nSPS) is 21.3. The number of ether oxygens (including phenoxy) is 1. The molecule has 0 radical (unpaired) electrons. The van der Waals surface area contributed by atoms with E-state index in [0.717, 1.165) is 90.6 Å². The molecule has 3 aromatic carbocycles. The van der Waals surface area contributed by atoms with Crippen molar-refractivity contribution in [2.75, 3.05) is 13.7 Å². The summed E-state index contributed by atoms with van der Waals surface area (Å²) in [4.78, 5) is 60.6. The molecule has 0 saturated carbocycles. The minimum absolute atomic E-state index is 0.00680. The third-order valence-corrected chi connectivity index (χ3v) is 12.8. The van der Waals surface area contributed by atoms with Crippen LogP contribution in [0.25, 0.3) is 44.2 Å². The van der Waals surface area contributed by atoms with E-state index in [2.05, 4.69) is 90.3 Å². The van der Waals surface area contributed by atoms with E-state index >= 15 is 0 Å². The molecule has 300 valence electrons. The zero-order valence-electron chi connectivity index (χ0n) is 34.4. The Morgan fingerprint density at radius 2 is 1.72 bits per heavy atom. The molecule has 2 saturated heterocycles. The maximum atomic E-state index is 14.0. The van der Waals surface area contributed by atoms with Crippen LogP contribution in [0.2, 0.25) is 0 Å². The van der Waals surface area contributed by atoms with Crippen LogP contribution in [0.3, 0.4) is 0 Å². The molecule has 1 aliphatic carbocycles. The Morgan fingerprint density at radius 3 is 2.46 bits per heavy atom. The van der Waals surface area contributed by atoms with Crippen LogP contribution in [0.1, 0.15) is 115 Å². The lowest BCUT2D eigenvalue weighted by Crippen LogP contribution is -2.52. The van der Waals surface area contributed by atoms with Crippen LogP contribution in [-0.2, 0) is 27.2 Å². The number of amides is 3. The zero-order chi connectivity index (χ0) is 40.1. The molecule has 3 amide bonds. The van der Waals surface area contributed by atoms with Gasteiger partial charge in [-0.1, -0.05) is 71.4 Å². The number of aromatic amines is 2. The van der Waals surface area contributed by atoms with Crippen molar-refractivity contribution in [3.05, 3.63) is 71.4 Å². The van der Waals surface area contributed by atoms with Gasteiger partial charge in [0.25, 0.3) is 0 Å². The highest BCUT2D eigenvalue weighted by Gasteiger charge is 2.41. The molecule has 0 spiro atoms. The molecule has 57 heavy (non-hydrogen) atoms. The Balaban J connectivity index is 1.07. The summed E-state index contributed by atoms with van der Waals surface area (Å²) in [6, 6.07) is 14.5. The first-order valence-electron chi connectivity index (χ1n) is 21.0. The first-order valence-corrected chi connectivity index (χ1v) is 21.0. The second-order valence-electron chi connectivity index (χ2n) is 17.4. The van der Waals surface area contributed by atoms with Crippen LogP contribution in [0.5, 0.6) is 0 Å². The number of carbonyl (C=O) groups is 3. The van der Waals surface area contributed by atoms with Gasteiger partial charge in [0.1, 0.15) is 17.7 Å². The van der Waals surface area contributed by atoms with Gasteiger partial charge in [-0.3, -0.25) is 9.59 Å². The minimum Gasteiger partial charge on any atom is -0.453 e. The third kappa shape index (κ3) is 7.18. The Bertz CT molecular complexity index is 2320. The Kier molecular flexibility index (Phi) is 10.6. The van der Waals surface area contributed by atoms with Crippen molar-refractivity contribution in [3.63, 3.8) is 0 Å². The summed E-state index contributed by atoms with van der Waals surface area (Å²) >= 11 is 0. The maximum Gasteiger partial charge on any atom is 0.407 e. The number of rotatable bonds is 10. The van der Waals surface area contributed by atoms with Crippen molar-refractivity contribution in [1.82, 2.24) is 35.1 Å². The number of likely N-dealkylation sites (tertiary alicyclic amines) is 2. The zero-order valence-corrected chi connectivity index (χ0v) is 34.4. The third-order valence-electron chi connectivity index (χ3n) is 12.8. The highest BCUT2D eigenvalue weighted by molar-refractivity contribution is 6.05. The van der Waals surface area contributed by atoms with Crippen LogP contribution in [0.15, 0.2) is 48.7 Å². The number of nitrogens with zero attached hydrogens (tertiary/aromatic N) is 4. The van der Waals surface area contributed by atoms with Gasteiger partial charge >= 0.3 is 6.09 Å². The van der Waals surface area contributed by atoms with Gasteiger partial charge in [-0.25, -0.2) is 14.8 Å². The quantitative estimate of drug-likeness (QED) is 0.130. The summed E-state index contributed by atoms with van der Waals surface area (Å²) in [6.45, 7) is 13.2. The average molecular weight is 772 g/mol. The van der Waals surface area contributed by atoms with Crippen molar-refractivity contribution in [2.24, 2.45) is 17.8 Å². The highest BCUT2D eigenvalue weighted by atomic mass is 16.5. The number of hydrogen-bond acceptors (Lipinski definition) is 6. The molecule has 5 atom stereocenters. The number of fused-ring (bicyclic) bond motifs is 4. The Labute approximate surface area is 335 Å². The summed E-state index contributed by atoms with van der Waals surface area (Å²) < 4.78 is 4.83. The summed E-state index contributed by atoms with van der Waals surface area (Å²) in [5.74, 6) is 2.49. The summed E-state index contributed by atoms with van der Waals surface area (Å²) in [5, 5.41) is 4.93. The lowest BCUT2D eigenvalue weighted by Gasteiger charge is -2.32. The predicted octanol–water partition coefficient (Wildman–Crippen LogP) is 9.04. The molecule has 8 rings (SSSR count). The second-order valence-corrected chi connectivity index (χ2v) is 17.4. The molecular formula is C46H57N7O4. The van der Waals surface area contributed by atoms with E-state index in [1.54, 1.807) is 0 Å². The number of hydrogen-bond donors (Lipinski definition) is 3. The molecule has 0 unspecified atom stereocenters. The molecule has 3 N–H and O–H groups in total. The highest BCUT2D eigenvalue weighted by Crippen LogP contribution is 2.42. The number of imidazole rings is 2. The maximum absolute atomic E-state index is 14.0. The van der Waals surface area contributed by atoms with E-state index in [0.29, 0.717) is 18.3 Å². The van der Waals surface area contributed by atoms with Gasteiger partial charge in [0.05, 0.1) is 42.1 Å². The van der Waals surface area contributed by atoms with E-state index in [4.69, 9.17) is 14.7 Å². The fraction of sp³-hybridized carbons (Fsp3) is 0.500. The van der Waals surface area contributed by atoms with Crippen molar-refractivity contribution >= 4 is 39.7 Å². The van der Waals surface area contributed by atoms with Crippen molar-refractivity contribution in [3.8, 4) is 22.4 Å². The molecule has 4 heterocycles. The summed E-state index contributed by atoms with van der Waals surface area (Å²) in [7, 11) is 1.31. The number of alkyl carbamates (subject to hydrolysis) is 1. The van der Waals surface area contributed by atoms with Crippen LogP contribution in [0, 0.1) is 17.8 Å². The SMILES string of the molecule is CC[C@H]1C[C@@H](c2ncc(-c3ccc(-c4ccc5c(ccc6[nH]c([C@@H]7CC[C@H](C)N7C(=O)[C@@H](NC(=O)OC)C(C)C)nc65)c4)c4c3CCC4)[nH]2)N(C(=O)CC(C)C)C1. The van der Waals surface area contributed by atoms with Gasteiger partial charge in [-0.15, -0.1) is 0 Å². The van der Waals surface area contributed by atoms with Gasteiger partial charge < -0.3 is 29.8 Å². The lowest BCUT2D eigenvalue weighted by molar-refractivity contribution is -0.137. The lowest BCUT2D eigenvalue weighted by atomic mass is 9.91. The van der Waals surface area contributed by atoms with Crippen molar-refractivity contribution in [1.29, 1.82) is 0 Å². The molecule has 5 aromatic rings. The molecule has 2 aromatic heterocycles. The van der Waals surface area contributed by atoms with Crippen LogP contribution >= 0.6 is 0 Å². The fourth-order valence-electron chi connectivity index (χ4n) is 9.72. The van der Waals surface area contributed by atoms with Gasteiger partial charge in [-0.05, 0) is 103 Å². The van der Waals surface area contributed by atoms with Gasteiger partial charge in [0, 0.05) is 30.0 Å². The van der Waals surface area contributed by atoms with Crippen LogP contribution < -0.4 is 5.32 Å². The number of carbonyl (C=O) groups excluding carboxylic acids is 3. The van der Waals surface area contributed by atoms with Crippen molar-refractivity contribution in [2.45, 2.75) is 117 Å². The number of aromatic nitrogens is 4.